The molecule has 5 atom stereocenters. The number of ether oxygens (including phenoxy) is 1. The highest BCUT2D eigenvalue weighted by Gasteiger charge is 2.42. The maximum absolute atomic E-state index is 12.2. The van der Waals surface area contributed by atoms with Crippen LogP contribution < -0.4 is 10.9 Å². The number of H-pyrrole nitrogens is 1. The summed E-state index contributed by atoms with van der Waals surface area (Å²) in [6.07, 6.45) is -0.0990. The molecule has 0 aromatic carbocycles. The lowest BCUT2D eigenvalue weighted by Gasteiger charge is -2.19. The van der Waals surface area contributed by atoms with Crippen LogP contribution in [0.1, 0.15) is 6.42 Å². The van der Waals surface area contributed by atoms with E-state index in [2.05, 4.69) is 40.0 Å². The fourth-order valence-electron chi connectivity index (χ4n) is 3.11. The summed E-state index contributed by atoms with van der Waals surface area (Å²) >= 11 is 0. The molecular weight excluding hydrogens is 539 g/mol. The minimum absolute atomic E-state index is 0.0366. The number of rotatable bonds is 12. The first kappa shape index (κ1) is 27.8. The standard InChI is InChI=1S/C14H22N5O13P3/c1-2-3-15-14-17-12-11(13(21)18-14)16-7-19(12)5-8-4-9(20)10(30-8)6-29-34(25,26)32-35(27,28)31-33(22,23)24/h2,7-10,20H,1,3-6H2,(H,25,26)(H,27,28)(H2,22,23,24)(H2,15,17,18,21)/t8-,9-,10-/m1/s1. The average Bonchev–Trinajstić information content (AvgIpc) is 3.25. The summed E-state index contributed by atoms with van der Waals surface area (Å²) in [6.45, 7) is 3.19. The van der Waals surface area contributed by atoms with E-state index in [0.29, 0.717) is 6.54 Å². The summed E-state index contributed by atoms with van der Waals surface area (Å²) in [6, 6.07) is 0. The smallest absolute Gasteiger partial charge is 0.390 e. The van der Waals surface area contributed by atoms with Crippen molar-refractivity contribution in [3.05, 3.63) is 29.3 Å². The molecule has 1 aliphatic heterocycles. The fourth-order valence-corrected chi connectivity index (χ4v) is 6.14. The maximum Gasteiger partial charge on any atom is 0.490 e. The largest absolute Gasteiger partial charge is 0.490 e. The second kappa shape index (κ2) is 10.7. The number of phosphoric acid groups is 3. The molecule has 18 nitrogen and oxygen atoms in total. The van der Waals surface area contributed by atoms with Crippen molar-refractivity contribution in [3.8, 4) is 0 Å². The zero-order chi connectivity index (χ0) is 26.0. The minimum atomic E-state index is -5.66. The number of phosphoric ester groups is 1. The van der Waals surface area contributed by atoms with Gasteiger partial charge < -0.3 is 39.3 Å². The molecule has 3 heterocycles. The van der Waals surface area contributed by atoms with E-state index >= 15 is 0 Å². The Bertz CT molecular complexity index is 1270. The summed E-state index contributed by atoms with van der Waals surface area (Å²) in [5, 5.41) is 13.1. The summed E-state index contributed by atoms with van der Waals surface area (Å²) in [7, 11) is -16.5. The molecular formula is C14H22N5O13P3. The minimum Gasteiger partial charge on any atom is -0.390 e. The van der Waals surface area contributed by atoms with Crippen LogP contribution in [0.15, 0.2) is 23.8 Å². The van der Waals surface area contributed by atoms with E-state index in [-0.39, 0.29) is 30.1 Å². The van der Waals surface area contributed by atoms with Crippen LogP contribution in [0.4, 0.5) is 5.95 Å². The summed E-state index contributed by atoms with van der Waals surface area (Å²) in [5.41, 5.74) is -0.186. The van der Waals surface area contributed by atoms with E-state index in [0.717, 1.165) is 0 Å². The topological polar surface area (TPSA) is 265 Å². The molecule has 21 heteroatoms. The quantitative estimate of drug-likeness (QED) is 0.128. The highest BCUT2D eigenvalue weighted by atomic mass is 31.3. The van der Waals surface area contributed by atoms with Gasteiger partial charge in [0.15, 0.2) is 11.2 Å². The third kappa shape index (κ3) is 7.85. The van der Waals surface area contributed by atoms with Crippen LogP contribution in [0.3, 0.4) is 0 Å². The number of anilines is 1. The van der Waals surface area contributed by atoms with Gasteiger partial charge in [-0.25, -0.2) is 18.7 Å². The van der Waals surface area contributed by atoms with Crippen molar-refractivity contribution in [2.24, 2.45) is 0 Å². The van der Waals surface area contributed by atoms with Crippen LogP contribution >= 0.6 is 23.5 Å². The molecule has 0 amide bonds. The first-order chi connectivity index (χ1) is 16.2. The van der Waals surface area contributed by atoms with Crippen molar-refractivity contribution in [2.75, 3.05) is 18.5 Å². The second-order valence-electron chi connectivity index (χ2n) is 7.14. The van der Waals surface area contributed by atoms with Crippen LogP contribution in [-0.2, 0) is 38.1 Å². The summed E-state index contributed by atoms with van der Waals surface area (Å²) in [4.78, 5) is 58.8. The van der Waals surface area contributed by atoms with Crippen molar-refractivity contribution in [3.63, 3.8) is 0 Å². The number of aliphatic hydroxyl groups excluding tert-OH is 1. The number of nitrogens with zero attached hydrogens (tertiary/aromatic N) is 3. The van der Waals surface area contributed by atoms with Gasteiger partial charge in [0.2, 0.25) is 5.95 Å². The summed E-state index contributed by atoms with van der Waals surface area (Å²) < 4.78 is 52.7. The van der Waals surface area contributed by atoms with Crippen LogP contribution in [0.25, 0.3) is 11.2 Å². The second-order valence-corrected chi connectivity index (χ2v) is 11.6. The Morgan fingerprint density at radius 3 is 2.63 bits per heavy atom. The zero-order valence-electron chi connectivity index (χ0n) is 17.6. The molecule has 1 saturated heterocycles. The van der Waals surface area contributed by atoms with Gasteiger partial charge >= 0.3 is 23.5 Å². The van der Waals surface area contributed by atoms with Gasteiger partial charge in [0.1, 0.15) is 6.10 Å². The summed E-state index contributed by atoms with van der Waals surface area (Å²) in [5.74, 6) is 0.186. The SMILES string of the molecule is C=CCNc1nc2c(ncn2C[C@H]2C[C@@H](O)[C@@H](COP(=O)(O)OP(=O)(O)OP(=O)(O)O)O2)c(=O)[nH]1. The number of aliphatic hydroxyl groups is 1. The lowest BCUT2D eigenvalue weighted by molar-refractivity contribution is -0.0249. The van der Waals surface area contributed by atoms with Gasteiger partial charge in [-0.3, -0.25) is 14.3 Å². The zero-order valence-corrected chi connectivity index (χ0v) is 20.3. The number of hydrogen-bond acceptors (Lipinski definition) is 12. The Balaban J connectivity index is 1.62. The van der Waals surface area contributed by atoms with E-state index in [4.69, 9.17) is 19.4 Å². The van der Waals surface area contributed by atoms with Gasteiger partial charge in [-0.2, -0.15) is 13.6 Å². The molecule has 0 radical (unpaired) electrons. The van der Waals surface area contributed by atoms with Crippen molar-refractivity contribution in [1.29, 1.82) is 0 Å². The van der Waals surface area contributed by atoms with Crippen molar-refractivity contribution < 1.29 is 56.3 Å². The Morgan fingerprint density at radius 1 is 1.26 bits per heavy atom. The Hall–Kier alpha value is -1.78. The average molecular weight is 561 g/mol. The molecule has 0 saturated carbocycles. The van der Waals surface area contributed by atoms with Crippen molar-refractivity contribution in [2.45, 2.75) is 31.3 Å². The number of aromatic nitrogens is 4. The molecule has 196 valence electrons. The van der Waals surface area contributed by atoms with Crippen molar-refractivity contribution >= 4 is 40.6 Å². The highest BCUT2D eigenvalue weighted by molar-refractivity contribution is 7.66. The Morgan fingerprint density at radius 2 is 1.97 bits per heavy atom. The molecule has 7 N–H and O–H groups in total. The molecule has 0 bridgehead atoms. The number of fused-ring (bicyclic) bond motifs is 1. The Kier molecular flexibility index (Phi) is 8.49. The van der Waals surface area contributed by atoms with E-state index < -0.39 is 53.9 Å². The van der Waals surface area contributed by atoms with Gasteiger partial charge in [-0.1, -0.05) is 6.08 Å². The van der Waals surface area contributed by atoms with E-state index in [9.17, 15) is 28.5 Å². The van der Waals surface area contributed by atoms with Gasteiger partial charge in [-0.15, -0.1) is 6.58 Å². The molecule has 2 aromatic rings. The van der Waals surface area contributed by atoms with Gasteiger partial charge in [0.25, 0.3) is 5.56 Å². The number of nitrogens with one attached hydrogen (secondary N) is 2. The van der Waals surface area contributed by atoms with Crippen LogP contribution in [0.5, 0.6) is 0 Å². The van der Waals surface area contributed by atoms with Gasteiger partial charge in [-0.05, 0) is 0 Å². The lowest BCUT2D eigenvalue weighted by atomic mass is 10.1. The molecule has 1 fully saturated rings. The van der Waals surface area contributed by atoms with Crippen LogP contribution in [0.2, 0.25) is 0 Å². The third-order valence-electron chi connectivity index (χ3n) is 4.41. The fraction of sp³-hybridized carbons (Fsp3) is 0.500. The van der Waals surface area contributed by atoms with Crippen LogP contribution in [-0.4, -0.2) is 75.7 Å². The number of imidazole rings is 1. The molecule has 2 aromatic heterocycles. The molecule has 1 aliphatic rings. The number of hydrogen-bond donors (Lipinski definition) is 7. The van der Waals surface area contributed by atoms with Gasteiger partial charge in [0.05, 0.1) is 31.7 Å². The monoisotopic (exact) mass is 561 g/mol. The third-order valence-corrected chi connectivity index (χ3v) is 8.21. The normalized spacial score (nSPS) is 24.2. The molecule has 3 rings (SSSR count). The highest BCUT2D eigenvalue weighted by Crippen LogP contribution is 2.66. The molecule has 0 aliphatic carbocycles. The lowest BCUT2D eigenvalue weighted by Crippen LogP contribution is -2.26. The Labute approximate surface area is 196 Å². The first-order valence-corrected chi connectivity index (χ1v) is 14.1. The van der Waals surface area contributed by atoms with Crippen LogP contribution in [0, 0.1) is 0 Å². The van der Waals surface area contributed by atoms with Gasteiger partial charge in [0, 0.05) is 13.0 Å². The predicted octanol–water partition coefficient (Wildman–Crippen LogP) is -0.421. The molecule has 35 heavy (non-hydrogen) atoms. The molecule has 0 spiro atoms. The predicted molar refractivity (Wildman–Crippen MR) is 116 cm³/mol. The van der Waals surface area contributed by atoms with Crippen molar-refractivity contribution in [1.82, 2.24) is 19.5 Å². The molecule has 2 unspecified atom stereocenters. The number of aromatic amines is 1. The van der Waals surface area contributed by atoms with E-state index in [1.165, 1.54) is 10.9 Å². The maximum atomic E-state index is 12.2. The van der Waals surface area contributed by atoms with E-state index in [1.54, 1.807) is 6.08 Å². The van der Waals surface area contributed by atoms with E-state index in [1.807, 2.05) is 0 Å². The first-order valence-electron chi connectivity index (χ1n) is 9.60.